The lowest BCUT2D eigenvalue weighted by Crippen LogP contribution is -2.67. The van der Waals surface area contributed by atoms with Crippen molar-refractivity contribution in [3.8, 4) is 0 Å². The van der Waals surface area contributed by atoms with Crippen molar-refractivity contribution in [1.82, 2.24) is 10.2 Å². The highest BCUT2D eigenvalue weighted by molar-refractivity contribution is 5.90. The van der Waals surface area contributed by atoms with Gasteiger partial charge in [0.15, 0.2) is 12.4 Å². The normalized spacial score (nSPS) is 30.3. The average molecular weight is 1560 g/mol. The quantitative estimate of drug-likeness (QED) is 0.0309. The first-order valence-corrected chi connectivity index (χ1v) is 42.1. The predicted octanol–water partition coefficient (Wildman–Crippen LogP) is 6.80. The molecule has 9 rings (SSSR count). The number of allylic oxidation sites excluding steroid dienone is 1. The van der Waals surface area contributed by atoms with E-state index in [1.54, 1.807) is 12.0 Å². The molecule has 2 amide bonds. The van der Waals surface area contributed by atoms with Crippen molar-refractivity contribution in [3.63, 3.8) is 0 Å². The minimum atomic E-state index is -1.91. The van der Waals surface area contributed by atoms with Crippen molar-refractivity contribution in [3.05, 3.63) is 11.6 Å². The maximum absolute atomic E-state index is 15.5. The second-order valence-electron chi connectivity index (χ2n) is 32.7. The molecule has 109 heavy (non-hydrogen) atoms. The summed E-state index contributed by atoms with van der Waals surface area (Å²) in [5, 5.41) is 47.5. The summed E-state index contributed by atoms with van der Waals surface area (Å²) in [5.41, 5.74) is 1.28. The van der Waals surface area contributed by atoms with Gasteiger partial charge < -0.3 is 121 Å². The summed E-state index contributed by atoms with van der Waals surface area (Å²) < 4.78 is 106. The SMILES string of the molecule is COCCOCCOCCOCCOCCOCCOCCOCCOCCOCCOCCOCCOCCOCCOCCOCCOCCOCCC(C(=O)NC12CC3CC(CC(C3)C1)C2)N(C(=O)C1O[C@@H](O)[C@@H](O)[C@H](O)[C@@H]1O)C1CC[C@@]2(C)C(=CC[C@H]3[C@@H]4CC[C@H]([C@H](C)CCCC(C)C)[C@@]4(C)CC[C@@H]32)C1. The Hall–Kier alpha value is -2.24. The molecule has 8 fully saturated rings. The van der Waals surface area contributed by atoms with Gasteiger partial charge in [-0.2, -0.15) is 0 Å². The van der Waals surface area contributed by atoms with Crippen LogP contribution in [-0.2, 0) is 99.6 Å². The second-order valence-corrected chi connectivity index (χ2v) is 32.7. The smallest absolute Gasteiger partial charge is 0.255 e. The molecule has 0 radical (unpaired) electrons. The molecule has 8 aliphatic carbocycles. The molecule has 5 N–H and O–H groups in total. The highest BCUT2D eigenvalue weighted by Crippen LogP contribution is 2.68. The standard InChI is InChI=1S/C82H146N2O25/c1-61(2)8-7-9-62(3)69-12-13-70-68-11-10-66-57-67(14-17-80(66,4)71(68)15-18-81(69,70)5)84(78(89)76-74(86)73(85)75(87)79(90)109-76)72(77(88)83-82-58-63-54-64(59-82)56-65(55-63)60-82)16-19-92-22-23-94-26-27-96-30-31-98-34-35-100-38-39-102-42-43-104-46-47-106-50-51-108-53-52-107-49-48-105-45-44-103-41-40-101-37-36-99-33-32-97-29-28-95-25-24-93-21-20-91-6/h10,61-65,67-76,79,85-87,90H,7-9,11-60H2,1-6H3,(H,83,88)/t62-,63?,64?,65?,67?,68+,69-,70+,71+,72?,73-,74+,75+,76?,79-,80+,81-,82?/m1/s1. The molecule has 7 saturated carbocycles. The van der Waals surface area contributed by atoms with E-state index in [1.165, 1.54) is 69.8 Å². The van der Waals surface area contributed by atoms with E-state index < -0.39 is 48.7 Å². The summed E-state index contributed by atoms with van der Waals surface area (Å²) in [4.78, 5) is 32.6. The van der Waals surface area contributed by atoms with Crippen molar-refractivity contribution in [2.24, 2.45) is 64.1 Å². The molecule has 1 heterocycles. The largest absolute Gasteiger partial charge is 0.387 e. The zero-order chi connectivity index (χ0) is 77.4. The Morgan fingerprint density at radius 1 is 0.477 bits per heavy atom. The number of nitrogens with zero attached hydrogens (tertiary/aromatic N) is 1. The number of aliphatic hydroxyl groups is 4. The van der Waals surface area contributed by atoms with Gasteiger partial charge in [0.25, 0.3) is 5.91 Å². The van der Waals surface area contributed by atoms with Crippen molar-refractivity contribution >= 4 is 11.8 Å². The van der Waals surface area contributed by atoms with E-state index in [0.717, 1.165) is 49.9 Å². The Bertz CT molecular complexity index is 2420. The molecule has 0 aromatic carbocycles. The molecular weight excluding hydrogens is 1410 g/mol. The van der Waals surface area contributed by atoms with Crippen LogP contribution in [0.4, 0.5) is 0 Å². The van der Waals surface area contributed by atoms with E-state index >= 15 is 9.59 Å². The number of hydrogen-bond acceptors (Lipinski definition) is 25. The lowest BCUT2D eigenvalue weighted by Gasteiger charge is -2.59. The maximum Gasteiger partial charge on any atom is 0.255 e. The number of fused-ring (bicyclic) bond motifs is 5. The zero-order valence-corrected chi connectivity index (χ0v) is 67.6. The first-order chi connectivity index (χ1) is 53.1. The Labute approximate surface area is 652 Å². The third-order valence-electron chi connectivity index (χ3n) is 24.7. The van der Waals surface area contributed by atoms with E-state index in [2.05, 4.69) is 46.0 Å². The minimum Gasteiger partial charge on any atom is -0.387 e. The summed E-state index contributed by atoms with van der Waals surface area (Å²) in [6.45, 7) is 28.1. The van der Waals surface area contributed by atoms with E-state index in [9.17, 15) is 20.4 Å². The first-order valence-electron chi connectivity index (χ1n) is 42.1. The molecule has 27 nitrogen and oxygen atoms in total. The fourth-order valence-corrected chi connectivity index (χ4v) is 19.7. The summed E-state index contributed by atoms with van der Waals surface area (Å²) in [5.74, 6) is 4.84. The fraction of sp³-hybridized carbons (Fsp3) is 0.951. The Morgan fingerprint density at radius 3 is 1.27 bits per heavy atom. The topological polar surface area (TPSA) is 306 Å². The summed E-state index contributed by atoms with van der Waals surface area (Å²) in [6.07, 6.45) is 12.0. The molecule has 4 bridgehead atoms. The Kier molecular flexibility index (Phi) is 43.8. The van der Waals surface area contributed by atoms with E-state index in [0.29, 0.717) is 272 Å². The van der Waals surface area contributed by atoms with Crippen LogP contribution in [-0.4, -0.2) is 324 Å². The van der Waals surface area contributed by atoms with Gasteiger partial charge in [0, 0.05) is 31.7 Å². The van der Waals surface area contributed by atoms with Crippen LogP contribution < -0.4 is 5.32 Å². The molecule has 9 aliphatic rings. The van der Waals surface area contributed by atoms with Crippen LogP contribution in [0.1, 0.15) is 150 Å². The molecular formula is C82H146N2O25. The van der Waals surface area contributed by atoms with Crippen LogP contribution in [0.2, 0.25) is 0 Å². The lowest BCUT2D eigenvalue weighted by atomic mass is 9.46. The molecule has 1 aliphatic heterocycles. The third-order valence-corrected chi connectivity index (χ3v) is 24.7. The van der Waals surface area contributed by atoms with E-state index in [4.69, 9.17) is 90.0 Å². The Morgan fingerprint density at radius 2 is 0.872 bits per heavy atom. The zero-order valence-electron chi connectivity index (χ0n) is 67.6. The highest BCUT2D eigenvalue weighted by Gasteiger charge is 2.61. The van der Waals surface area contributed by atoms with Crippen LogP contribution in [0, 0.1) is 64.1 Å². The number of carbonyl (C=O) groups is 2. The molecule has 0 aromatic rings. The van der Waals surface area contributed by atoms with E-state index in [-0.39, 0.29) is 36.5 Å². The summed E-state index contributed by atoms with van der Waals surface area (Å²) >= 11 is 0. The monoisotopic (exact) mass is 1560 g/mol. The van der Waals surface area contributed by atoms with Crippen molar-refractivity contribution in [2.45, 2.75) is 199 Å². The predicted molar refractivity (Wildman–Crippen MR) is 406 cm³/mol. The van der Waals surface area contributed by atoms with Gasteiger partial charge in [0.1, 0.15) is 24.4 Å². The van der Waals surface area contributed by atoms with Crippen LogP contribution >= 0.6 is 0 Å². The van der Waals surface area contributed by atoms with Gasteiger partial charge in [0.2, 0.25) is 5.91 Å². The number of ether oxygens (including phenoxy) is 19. The van der Waals surface area contributed by atoms with Gasteiger partial charge in [0.05, 0.1) is 225 Å². The van der Waals surface area contributed by atoms with Crippen molar-refractivity contribution in [1.29, 1.82) is 0 Å². The summed E-state index contributed by atoms with van der Waals surface area (Å²) in [6, 6.07) is -1.44. The van der Waals surface area contributed by atoms with Gasteiger partial charge >= 0.3 is 0 Å². The van der Waals surface area contributed by atoms with Gasteiger partial charge in [-0.05, 0) is 154 Å². The molecule has 634 valence electrons. The number of hydrogen-bond donors (Lipinski definition) is 5. The molecule has 1 saturated heterocycles. The number of rotatable bonds is 64. The highest BCUT2D eigenvalue weighted by atomic mass is 16.6. The fourth-order valence-electron chi connectivity index (χ4n) is 19.7. The van der Waals surface area contributed by atoms with Crippen LogP contribution in [0.5, 0.6) is 0 Å². The van der Waals surface area contributed by atoms with Crippen LogP contribution in [0.25, 0.3) is 0 Å². The number of methoxy groups -OCH3 is 1. The lowest BCUT2D eigenvalue weighted by molar-refractivity contribution is -0.279. The summed E-state index contributed by atoms with van der Waals surface area (Å²) in [7, 11) is 1.64. The average Bonchev–Trinajstić information content (AvgIpc) is 1.70. The van der Waals surface area contributed by atoms with Gasteiger partial charge in [-0.1, -0.05) is 65.5 Å². The number of aliphatic hydroxyl groups excluding tert-OH is 4. The maximum atomic E-state index is 15.5. The number of nitrogens with one attached hydrogen (secondary N) is 1. The van der Waals surface area contributed by atoms with Gasteiger partial charge in [-0.3, -0.25) is 9.59 Å². The molecule has 3 unspecified atom stereocenters. The van der Waals surface area contributed by atoms with Crippen molar-refractivity contribution in [2.75, 3.05) is 238 Å². The number of amides is 2. The van der Waals surface area contributed by atoms with Gasteiger partial charge in [-0.15, -0.1) is 0 Å². The van der Waals surface area contributed by atoms with Crippen LogP contribution in [0.15, 0.2) is 11.6 Å². The molecule has 0 aromatic heterocycles. The van der Waals surface area contributed by atoms with Crippen LogP contribution in [0.3, 0.4) is 0 Å². The number of carbonyl (C=O) groups excluding carboxylic acids is 2. The second kappa shape index (κ2) is 51.8. The minimum absolute atomic E-state index is 0.0559. The first kappa shape index (κ1) is 92.3. The molecule has 27 heteroatoms. The third kappa shape index (κ3) is 30.6. The Balaban J connectivity index is 0.621. The van der Waals surface area contributed by atoms with Gasteiger partial charge in [-0.25, -0.2) is 0 Å². The molecule has 14 atom stereocenters. The van der Waals surface area contributed by atoms with E-state index in [1.807, 2.05) is 0 Å². The van der Waals surface area contributed by atoms with Crippen molar-refractivity contribution < 1.29 is 120 Å². The molecule has 0 spiro atoms.